The van der Waals surface area contributed by atoms with E-state index in [1.807, 2.05) is 0 Å². The molecule has 0 aliphatic carbocycles. The molecule has 0 saturated carbocycles. The second kappa shape index (κ2) is 5.04. The Labute approximate surface area is 66.5 Å². The van der Waals surface area contributed by atoms with Crippen LogP contribution < -0.4 is 0 Å². The maximum Gasteiger partial charge on any atom is 0.0239 e. The lowest BCUT2D eigenvalue weighted by molar-refractivity contribution is 0.693. The number of halogens is 1. The van der Waals surface area contributed by atoms with Gasteiger partial charge in [0.25, 0.3) is 0 Å². The van der Waals surface area contributed by atoms with E-state index in [1.165, 1.54) is 12.0 Å². The summed E-state index contributed by atoms with van der Waals surface area (Å²) in [6.07, 6.45) is 3.55. The minimum absolute atomic E-state index is 0.738. The van der Waals surface area contributed by atoms with Crippen molar-refractivity contribution >= 4 is 15.9 Å². The Morgan fingerprint density at radius 2 is 2.22 bits per heavy atom. The Balaban J connectivity index is 3.64. The van der Waals surface area contributed by atoms with E-state index < -0.39 is 0 Å². The summed E-state index contributed by atoms with van der Waals surface area (Å²) in [7, 11) is 0. The normalized spacial score (nSPS) is 15.8. The molecule has 0 spiro atoms. The van der Waals surface area contributed by atoms with Crippen LogP contribution in [-0.2, 0) is 0 Å². The molecular formula is C8H15Br. The van der Waals surface area contributed by atoms with Gasteiger partial charge in [0.1, 0.15) is 0 Å². The topological polar surface area (TPSA) is 0 Å². The van der Waals surface area contributed by atoms with Crippen LogP contribution in [0.15, 0.2) is 11.6 Å². The van der Waals surface area contributed by atoms with E-state index in [0.29, 0.717) is 0 Å². The third kappa shape index (κ3) is 4.71. The predicted molar refractivity (Wildman–Crippen MR) is 47.0 cm³/mol. The minimum atomic E-state index is 0.738. The van der Waals surface area contributed by atoms with Crippen molar-refractivity contribution in [1.82, 2.24) is 0 Å². The summed E-state index contributed by atoms with van der Waals surface area (Å²) < 4.78 is 0. The van der Waals surface area contributed by atoms with E-state index in [4.69, 9.17) is 0 Å². The van der Waals surface area contributed by atoms with Crippen LogP contribution in [0.4, 0.5) is 0 Å². The van der Waals surface area contributed by atoms with Crippen molar-refractivity contribution in [1.29, 1.82) is 0 Å². The molecule has 0 N–H and O–H groups in total. The Morgan fingerprint density at radius 3 is 2.56 bits per heavy atom. The fourth-order valence-electron chi connectivity index (χ4n) is 0.648. The van der Waals surface area contributed by atoms with Gasteiger partial charge < -0.3 is 0 Å². The summed E-state index contributed by atoms with van der Waals surface area (Å²) in [5.41, 5.74) is 1.43. The zero-order chi connectivity index (χ0) is 7.28. The average molecular weight is 191 g/mol. The minimum Gasteiger partial charge on any atom is -0.0880 e. The Bertz CT molecular complexity index is 94.7. The van der Waals surface area contributed by atoms with Crippen molar-refractivity contribution in [3.63, 3.8) is 0 Å². The van der Waals surface area contributed by atoms with Crippen LogP contribution in [-0.4, -0.2) is 5.33 Å². The van der Waals surface area contributed by atoms with Crippen molar-refractivity contribution in [2.24, 2.45) is 5.92 Å². The second-order valence-corrected chi connectivity index (χ2v) is 3.09. The lowest BCUT2D eigenvalue weighted by Crippen LogP contribution is -1.87. The van der Waals surface area contributed by atoms with Gasteiger partial charge in [0, 0.05) is 5.33 Å². The zero-order valence-electron chi connectivity index (χ0n) is 6.45. The second-order valence-electron chi connectivity index (χ2n) is 2.53. The highest BCUT2D eigenvalue weighted by Crippen LogP contribution is 2.07. The van der Waals surface area contributed by atoms with Crippen LogP contribution in [0.2, 0.25) is 0 Å². The van der Waals surface area contributed by atoms with Gasteiger partial charge in [-0.05, 0) is 12.8 Å². The van der Waals surface area contributed by atoms with E-state index in [0.717, 1.165) is 11.2 Å². The van der Waals surface area contributed by atoms with Crippen LogP contribution in [0.25, 0.3) is 0 Å². The van der Waals surface area contributed by atoms with E-state index in [1.54, 1.807) is 0 Å². The number of hydrogen-bond donors (Lipinski definition) is 0. The van der Waals surface area contributed by atoms with Crippen molar-refractivity contribution in [2.45, 2.75) is 27.2 Å². The van der Waals surface area contributed by atoms with E-state index in [2.05, 4.69) is 42.8 Å². The van der Waals surface area contributed by atoms with E-state index in [9.17, 15) is 0 Å². The SMILES string of the molecule is CCC(C)C=C(C)CBr. The molecule has 0 nitrogen and oxygen atoms in total. The molecule has 0 radical (unpaired) electrons. The Hall–Kier alpha value is 0.220. The van der Waals surface area contributed by atoms with Gasteiger partial charge in [0.05, 0.1) is 0 Å². The average Bonchev–Trinajstić information content (AvgIpc) is 1.87. The predicted octanol–water partition coefficient (Wildman–Crippen LogP) is 3.37. The third-order valence-electron chi connectivity index (χ3n) is 1.42. The molecular weight excluding hydrogens is 176 g/mol. The molecule has 1 unspecified atom stereocenters. The third-order valence-corrected chi connectivity index (χ3v) is 2.31. The highest BCUT2D eigenvalue weighted by atomic mass is 79.9. The van der Waals surface area contributed by atoms with Gasteiger partial charge in [-0.25, -0.2) is 0 Å². The molecule has 0 saturated heterocycles. The van der Waals surface area contributed by atoms with Crippen molar-refractivity contribution in [3.8, 4) is 0 Å². The van der Waals surface area contributed by atoms with Gasteiger partial charge >= 0.3 is 0 Å². The summed E-state index contributed by atoms with van der Waals surface area (Å²) in [5.74, 6) is 0.738. The van der Waals surface area contributed by atoms with Gasteiger partial charge in [-0.2, -0.15) is 0 Å². The number of alkyl halides is 1. The van der Waals surface area contributed by atoms with Crippen LogP contribution in [0, 0.1) is 5.92 Å². The van der Waals surface area contributed by atoms with Crippen LogP contribution in [0.5, 0.6) is 0 Å². The first-order valence-electron chi connectivity index (χ1n) is 3.44. The van der Waals surface area contributed by atoms with Gasteiger partial charge in [0.2, 0.25) is 0 Å². The molecule has 0 aliphatic heterocycles. The lowest BCUT2D eigenvalue weighted by atomic mass is 10.1. The van der Waals surface area contributed by atoms with Crippen LogP contribution >= 0.6 is 15.9 Å². The van der Waals surface area contributed by atoms with Crippen molar-refractivity contribution < 1.29 is 0 Å². The molecule has 0 fully saturated rings. The molecule has 0 aliphatic rings. The maximum absolute atomic E-state index is 3.40. The first kappa shape index (κ1) is 9.22. The molecule has 54 valence electrons. The standard InChI is InChI=1S/C8H15Br/c1-4-7(2)5-8(3)6-9/h5,7H,4,6H2,1-3H3. The molecule has 0 aromatic carbocycles. The molecule has 0 amide bonds. The summed E-state index contributed by atoms with van der Waals surface area (Å²) in [4.78, 5) is 0. The van der Waals surface area contributed by atoms with Gasteiger partial charge in [0.15, 0.2) is 0 Å². The summed E-state index contributed by atoms with van der Waals surface area (Å²) in [5, 5.41) is 1.01. The number of hydrogen-bond acceptors (Lipinski definition) is 0. The molecule has 0 rings (SSSR count). The highest BCUT2D eigenvalue weighted by molar-refractivity contribution is 9.09. The molecule has 0 bridgehead atoms. The number of rotatable bonds is 3. The largest absolute Gasteiger partial charge is 0.0880 e. The zero-order valence-corrected chi connectivity index (χ0v) is 8.03. The summed E-state index contributed by atoms with van der Waals surface area (Å²) in [6.45, 7) is 6.61. The molecule has 0 aromatic heterocycles. The quantitative estimate of drug-likeness (QED) is 0.473. The van der Waals surface area contributed by atoms with Crippen LogP contribution in [0.1, 0.15) is 27.2 Å². The molecule has 0 aromatic rings. The summed E-state index contributed by atoms with van der Waals surface area (Å²) >= 11 is 3.40. The highest BCUT2D eigenvalue weighted by Gasteiger charge is 1.92. The number of allylic oxidation sites excluding steroid dienone is 2. The Morgan fingerprint density at radius 1 is 1.67 bits per heavy atom. The molecule has 9 heavy (non-hydrogen) atoms. The van der Waals surface area contributed by atoms with E-state index in [-0.39, 0.29) is 0 Å². The molecule has 1 atom stereocenters. The Kier molecular flexibility index (Phi) is 5.16. The first-order chi connectivity index (χ1) is 4.20. The lowest BCUT2D eigenvalue weighted by Gasteiger charge is -2.01. The van der Waals surface area contributed by atoms with Crippen molar-refractivity contribution in [2.75, 3.05) is 5.33 Å². The fraction of sp³-hybridized carbons (Fsp3) is 0.750. The summed E-state index contributed by atoms with van der Waals surface area (Å²) in [6, 6.07) is 0. The maximum atomic E-state index is 3.40. The van der Waals surface area contributed by atoms with Crippen molar-refractivity contribution in [3.05, 3.63) is 11.6 Å². The van der Waals surface area contributed by atoms with Gasteiger partial charge in [-0.1, -0.05) is 47.8 Å². The van der Waals surface area contributed by atoms with Gasteiger partial charge in [-0.15, -0.1) is 0 Å². The first-order valence-corrected chi connectivity index (χ1v) is 4.56. The monoisotopic (exact) mass is 190 g/mol. The van der Waals surface area contributed by atoms with Gasteiger partial charge in [-0.3, -0.25) is 0 Å². The molecule has 1 heteroatoms. The smallest absolute Gasteiger partial charge is 0.0239 e. The molecule has 0 heterocycles. The van der Waals surface area contributed by atoms with E-state index >= 15 is 0 Å². The van der Waals surface area contributed by atoms with Crippen LogP contribution in [0.3, 0.4) is 0 Å². The fourth-order valence-corrected chi connectivity index (χ4v) is 0.835.